The Hall–Kier alpha value is -0.400. The van der Waals surface area contributed by atoms with Crippen molar-refractivity contribution in [2.45, 2.75) is 64.8 Å². The topological polar surface area (TPSA) is 29.4 Å². The van der Waals surface area contributed by atoms with E-state index in [0.717, 1.165) is 19.3 Å². The molecule has 4 aliphatic carbocycles. The molecule has 84 valence electrons. The predicted octanol–water partition coefficient (Wildman–Crippen LogP) is 3.89. The molecule has 0 aliphatic heterocycles. The summed E-state index contributed by atoms with van der Waals surface area (Å²) in [5.41, 5.74) is 0.984. The molecule has 4 rings (SSSR count). The van der Waals surface area contributed by atoms with Crippen molar-refractivity contribution in [3.8, 4) is 0 Å². The maximum atomic E-state index is 11.2. The molecule has 0 aromatic carbocycles. The Labute approximate surface area is 91.8 Å². The molecule has 0 aromatic heterocycles. The molecule has 0 spiro atoms. The molecule has 2 nitrogen and oxygen atoms in total. The largest absolute Gasteiger partial charge is 0.150 e. The molecule has 15 heavy (non-hydrogen) atoms. The Bertz CT molecular complexity index is 282. The van der Waals surface area contributed by atoms with E-state index in [2.05, 4.69) is 25.9 Å². The first-order chi connectivity index (χ1) is 6.80. The smallest absolute Gasteiger partial charge is 0.104 e. The first-order valence-electron chi connectivity index (χ1n) is 6.15. The van der Waals surface area contributed by atoms with Crippen LogP contribution in [0.3, 0.4) is 0 Å². The van der Waals surface area contributed by atoms with Crippen molar-refractivity contribution in [1.29, 1.82) is 0 Å². The Morgan fingerprint density at radius 1 is 0.733 bits per heavy atom. The van der Waals surface area contributed by atoms with Gasteiger partial charge >= 0.3 is 0 Å². The predicted molar refractivity (Wildman–Crippen MR) is 60.5 cm³/mol. The van der Waals surface area contributed by atoms with Gasteiger partial charge in [0.05, 0.1) is 0 Å². The quantitative estimate of drug-likeness (QED) is 0.600. The Morgan fingerprint density at radius 2 is 1.07 bits per heavy atom. The Kier molecular flexibility index (Phi) is 1.51. The first-order valence-corrected chi connectivity index (χ1v) is 6.15. The van der Waals surface area contributed by atoms with Crippen molar-refractivity contribution >= 4 is 0 Å². The maximum Gasteiger partial charge on any atom is 0.104 e. The van der Waals surface area contributed by atoms with Gasteiger partial charge in [0.2, 0.25) is 0 Å². The van der Waals surface area contributed by atoms with Crippen LogP contribution in [0.5, 0.6) is 0 Å². The lowest BCUT2D eigenvalue weighted by Gasteiger charge is -2.66. The van der Waals surface area contributed by atoms with Crippen molar-refractivity contribution in [2.24, 2.45) is 21.4 Å². The molecule has 2 heteroatoms. The van der Waals surface area contributed by atoms with E-state index in [-0.39, 0.29) is 5.54 Å². The van der Waals surface area contributed by atoms with Crippen LogP contribution >= 0.6 is 0 Å². The van der Waals surface area contributed by atoms with Gasteiger partial charge in [0.25, 0.3) is 0 Å². The van der Waals surface area contributed by atoms with Crippen LogP contribution in [-0.2, 0) is 0 Å². The molecule has 0 aromatic rings. The van der Waals surface area contributed by atoms with Crippen LogP contribution in [0.15, 0.2) is 5.18 Å². The molecular weight excluding hydrogens is 186 g/mol. The maximum absolute atomic E-state index is 11.2. The monoisotopic (exact) mass is 207 g/mol. The Morgan fingerprint density at radius 3 is 1.33 bits per heavy atom. The van der Waals surface area contributed by atoms with Gasteiger partial charge in [0.1, 0.15) is 5.54 Å². The lowest BCUT2D eigenvalue weighted by atomic mass is 9.39. The van der Waals surface area contributed by atoms with E-state index in [1.165, 1.54) is 19.3 Å². The molecule has 0 atom stereocenters. The van der Waals surface area contributed by atoms with Gasteiger partial charge in [0.15, 0.2) is 0 Å². The van der Waals surface area contributed by atoms with Crippen molar-refractivity contribution in [1.82, 2.24) is 0 Å². The number of rotatable bonds is 1. The fourth-order valence-corrected chi connectivity index (χ4v) is 6.32. The second-order valence-electron chi connectivity index (χ2n) is 7.81. The average molecular weight is 207 g/mol. The van der Waals surface area contributed by atoms with E-state index in [1.54, 1.807) is 0 Å². The van der Waals surface area contributed by atoms with E-state index in [0.29, 0.717) is 16.2 Å². The van der Waals surface area contributed by atoms with Crippen LogP contribution in [-0.4, -0.2) is 5.54 Å². The molecule has 0 amide bonds. The fraction of sp³-hybridized carbons (Fsp3) is 1.00. The van der Waals surface area contributed by atoms with Crippen LogP contribution in [0.1, 0.15) is 59.3 Å². The number of nitrogens with zero attached hydrogens (tertiary/aromatic N) is 1. The van der Waals surface area contributed by atoms with Crippen molar-refractivity contribution in [3.63, 3.8) is 0 Å². The van der Waals surface area contributed by atoms with Gasteiger partial charge in [-0.3, -0.25) is 0 Å². The van der Waals surface area contributed by atoms with Gasteiger partial charge < -0.3 is 0 Å². The summed E-state index contributed by atoms with van der Waals surface area (Å²) < 4.78 is 0. The highest BCUT2D eigenvalue weighted by molar-refractivity contribution is 5.17. The highest BCUT2D eigenvalue weighted by Gasteiger charge is 2.65. The van der Waals surface area contributed by atoms with E-state index in [9.17, 15) is 4.91 Å². The minimum absolute atomic E-state index is 0.201. The average Bonchev–Trinajstić information content (AvgIpc) is 1.94. The van der Waals surface area contributed by atoms with E-state index in [4.69, 9.17) is 0 Å². The van der Waals surface area contributed by atoms with Crippen LogP contribution in [0.2, 0.25) is 0 Å². The van der Waals surface area contributed by atoms with Gasteiger partial charge in [-0.25, -0.2) is 0 Å². The van der Waals surface area contributed by atoms with Gasteiger partial charge in [-0.05, 0) is 54.8 Å². The van der Waals surface area contributed by atoms with E-state index < -0.39 is 0 Å². The van der Waals surface area contributed by atoms with Crippen LogP contribution in [0, 0.1) is 21.2 Å². The van der Waals surface area contributed by atoms with Gasteiger partial charge in [-0.2, -0.15) is 4.91 Å². The summed E-state index contributed by atoms with van der Waals surface area (Å²) in [6.45, 7) is 7.13. The molecule has 0 unspecified atom stereocenters. The third-order valence-corrected chi connectivity index (χ3v) is 5.02. The third kappa shape index (κ3) is 1.23. The van der Waals surface area contributed by atoms with Gasteiger partial charge in [-0.1, -0.05) is 25.9 Å². The summed E-state index contributed by atoms with van der Waals surface area (Å²) in [5.74, 6) is 0. The first kappa shape index (κ1) is 9.80. The second-order valence-corrected chi connectivity index (χ2v) is 7.81. The molecule has 4 bridgehead atoms. The molecule has 4 saturated carbocycles. The minimum Gasteiger partial charge on any atom is -0.150 e. The van der Waals surface area contributed by atoms with Gasteiger partial charge in [0, 0.05) is 0 Å². The SMILES string of the molecule is CC12CC3(C)CC(C)(C1)CC(N=O)(C2)C3. The summed E-state index contributed by atoms with van der Waals surface area (Å²) >= 11 is 0. The zero-order valence-corrected chi connectivity index (χ0v) is 10.1. The molecule has 0 saturated heterocycles. The zero-order chi connectivity index (χ0) is 10.9. The van der Waals surface area contributed by atoms with E-state index >= 15 is 0 Å². The summed E-state index contributed by atoms with van der Waals surface area (Å²) in [7, 11) is 0. The van der Waals surface area contributed by atoms with Crippen molar-refractivity contribution in [3.05, 3.63) is 4.91 Å². The molecule has 0 heterocycles. The number of hydrogen-bond acceptors (Lipinski definition) is 2. The van der Waals surface area contributed by atoms with Crippen molar-refractivity contribution < 1.29 is 0 Å². The van der Waals surface area contributed by atoms with Crippen LogP contribution in [0.25, 0.3) is 0 Å². The molecule has 0 radical (unpaired) electrons. The van der Waals surface area contributed by atoms with E-state index in [1.807, 2.05) is 0 Å². The summed E-state index contributed by atoms with van der Waals surface area (Å²) in [6, 6.07) is 0. The highest BCUT2D eigenvalue weighted by atomic mass is 16.3. The third-order valence-electron chi connectivity index (χ3n) is 5.02. The normalized spacial score (nSPS) is 62.1. The lowest BCUT2D eigenvalue weighted by molar-refractivity contribution is -0.147. The van der Waals surface area contributed by atoms with Crippen LogP contribution < -0.4 is 0 Å². The Balaban J connectivity index is 2.10. The number of nitroso groups, excluding NO2 is 1. The second kappa shape index (κ2) is 2.31. The molecule has 4 aliphatic rings. The standard InChI is InChI=1S/C13H21NO/c1-10-4-11(2)6-12(3,5-10)9-13(7-10,8-11)14-15/h4-9H2,1-3H3. The summed E-state index contributed by atoms with van der Waals surface area (Å²) in [5, 5.41) is 3.57. The minimum atomic E-state index is -0.201. The molecular formula is C13H21NO. The summed E-state index contributed by atoms with van der Waals surface area (Å²) in [4.78, 5) is 11.2. The fourth-order valence-electron chi connectivity index (χ4n) is 6.32. The van der Waals surface area contributed by atoms with Gasteiger partial charge in [-0.15, -0.1) is 0 Å². The van der Waals surface area contributed by atoms with Crippen molar-refractivity contribution in [2.75, 3.05) is 0 Å². The zero-order valence-electron chi connectivity index (χ0n) is 10.1. The summed E-state index contributed by atoms with van der Waals surface area (Å²) in [6.07, 6.45) is 7.09. The number of hydrogen-bond donors (Lipinski definition) is 0. The molecule has 0 N–H and O–H groups in total. The lowest BCUT2D eigenvalue weighted by Crippen LogP contribution is -2.61. The highest BCUT2D eigenvalue weighted by Crippen LogP contribution is 2.71. The molecule has 4 fully saturated rings. The van der Waals surface area contributed by atoms with Crippen LogP contribution in [0.4, 0.5) is 0 Å².